The quantitative estimate of drug-likeness (QED) is 0.531. The molecular formula is C7H14FN. The van der Waals surface area contributed by atoms with Gasteiger partial charge in [0.1, 0.15) is 5.67 Å². The van der Waals surface area contributed by atoms with Crippen LogP contribution in [0.4, 0.5) is 4.39 Å². The minimum absolute atomic E-state index is 0.258. The van der Waals surface area contributed by atoms with Crippen LogP contribution in [-0.2, 0) is 0 Å². The molecule has 0 heterocycles. The molecule has 0 radical (unpaired) electrons. The van der Waals surface area contributed by atoms with E-state index in [-0.39, 0.29) is 6.04 Å². The molecule has 0 aromatic heterocycles. The van der Waals surface area contributed by atoms with Gasteiger partial charge in [-0.2, -0.15) is 0 Å². The molecule has 1 saturated carbocycles. The van der Waals surface area contributed by atoms with Crippen molar-refractivity contribution < 1.29 is 4.39 Å². The van der Waals surface area contributed by atoms with Crippen molar-refractivity contribution in [2.24, 2.45) is 5.73 Å². The second kappa shape index (κ2) is 2.25. The first-order valence-corrected chi connectivity index (χ1v) is 3.55. The summed E-state index contributed by atoms with van der Waals surface area (Å²) < 4.78 is 13.0. The average molecular weight is 131 g/mol. The Balaban J connectivity index is 2.35. The molecule has 2 heteroatoms. The lowest BCUT2D eigenvalue weighted by Gasteiger charge is -2.28. The highest BCUT2D eigenvalue weighted by molar-refractivity contribution is 4.83. The normalized spacial score (nSPS) is 45.0. The van der Waals surface area contributed by atoms with Crippen LogP contribution in [0.25, 0.3) is 0 Å². The lowest BCUT2D eigenvalue weighted by Crippen LogP contribution is -2.33. The minimum atomic E-state index is -0.921. The number of nitrogens with two attached hydrogens (primary N) is 1. The highest BCUT2D eigenvalue weighted by Gasteiger charge is 2.28. The molecule has 1 aliphatic rings. The summed E-state index contributed by atoms with van der Waals surface area (Å²) in [6, 6.07) is 0.258. The molecule has 2 N–H and O–H groups in total. The van der Waals surface area contributed by atoms with Gasteiger partial charge in [-0.25, -0.2) is 4.39 Å². The van der Waals surface area contributed by atoms with Gasteiger partial charge in [0.15, 0.2) is 0 Å². The molecule has 0 aliphatic heterocycles. The summed E-state index contributed by atoms with van der Waals surface area (Å²) in [5.41, 5.74) is 4.67. The maximum atomic E-state index is 13.0. The van der Waals surface area contributed by atoms with Gasteiger partial charge in [-0.3, -0.25) is 0 Å². The first kappa shape index (κ1) is 7.00. The Hall–Kier alpha value is -0.110. The Morgan fingerprint density at radius 3 is 2.22 bits per heavy atom. The fourth-order valence-corrected chi connectivity index (χ4v) is 1.24. The van der Waals surface area contributed by atoms with Gasteiger partial charge in [0.2, 0.25) is 0 Å². The molecule has 0 spiro atoms. The van der Waals surface area contributed by atoms with Gasteiger partial charge in [0.05, 0.1) is 0 Å². The second-order valence-electron chi connectivity index (χ2n) is 3.25. The zero-order valence-corrected chi connectivity index (χ0v) is 5.86. The molecule has 0 saturated heterocycles. The van der Waals surface area contributed by atoms with Gasteiger partial charge < -0.3 is 5.73 Å². The van der Waals surface area contributed by atoms with Crippen molar-refractivity contribution in [3.05, 3.63) is 0 Å². The maximum Gasteiger partial charge on any atom is 0.108 e. The van der Waals surface area contributed by atoms with Crippen molar-refractivity contribution in [1.29, 1.82) is 0 Å². The standard InChI is InChI=1S/C7H14FN/c1-7(8)4-2-6(9)3-5-7/h6H,2-5,9H2,1H3/t6-,7-. The van der Waals surface area contributed by atoms with Gasteiger partial charge in [-0.05, 0) is 32.6 Å². The van der Waals surface area contributed by atoms with Crippen LogP contribution < -0.4 is 5.73 Å². The highest BCUT2D eigenvalue weighted by Crippen LogP contribution is 2.30. The van der Waals surface area contributed by atoms with Crippen LogP contribution in [-0.4, -0.2) is 11.7 Å². The van der Waals surface area contributed by atoms with Gasteiger partial charge in [-0.1, -0.05) is 0 Å². The summed E-state index contributed by atoms with van der Waals surface area (Å²) in [6.07, 6.45) is 3.00. The molecule has 9 heavy (non-hydrogen) atoms. The van der Waals surface area contributed by atoms with Crippen molar-refractivity contribution in [3.8, 4) is 0 Å². The third-order valence-corrected chi connectivity index (χ3v) is 2.07. The third-order valence-electron chi connectivity index (χ3n) is 2.07. The van der Waals surface area contributed by atoms with E-state index in [0.29, 0.717) is 12.8 Å². The highest BCUT2D eigenvalue weighted by atomic mass is 19.1. The van der Waals surface area contributed by atoms with E-state index in [0.717, 1.165) is 12.8 Å². The van der Waals surface area contributed by atoms with Gasteiger partial charge >= 0.3 is 0 Å². The van der Waals surface area contributed by atoms with E-state index in [1.54, 1.807) is 6.92 Å². The van der Waals surface area contributed by atoms with E-state index < -0.39 is 5.67 Å². The number of halogens is 1. The van der Waals surface area contributed by atoms with E-state index in [1.807, 2.05) is 0 Å². The number of hydrogen-bond acceptors (Lipinski definition) is 1. The Morgan fingerprint density at radius 1 is 1.44 bits per heavy atom. The Kier molecular flexibility index (Phi) is 1.75. The van der Waals surface area contributed by atoms with Crippen molar-refractivity contribution in [1.82, 2.24) is 0 Å². The van der Waals surface area contributed by atoms with Crippen LogP contribution in [0.2, 0.25) is 0 Å². The van der Waals surface area contributed by atoms with E-state index >= 15 is 0 Å². The molecule has 0 atom stereocenters. The van der Waals surface area contributed by atoms with Crippen LogP contribution in [0, 0.1) is 0 Å². The minimum Gasteiger partial charge on any atom is -0.328 e. The smallest absolute Gasteiger partial charge is 0.108 e. The molecule has 0 aromatic rings. The molecule has 0 bridgehead atoms. The first-order chi connectivity index (χ1) is 4.10. The predicted octanol–water partition coefficient (Wildman–Crippen LogP) is 1.62. The van der Waals surface area contributed by atoms with Crippen molar-refractivity contribution in [2.45, 2.75) is 44.3 Å². The van der Waals surface area contributed by atoms with Crippen LogP contribution >= 0.6 is 0 Å². The fraction of sp³-hybridized carbons (Fsp3) is 1.00. The SMILES string of the molecule is C[C@]1(F)CC[C@H](N)CC1. The average Bonchev–Trinajstić information content (AvgIpc) is 1.78. The fourth-order valence-electron chi connectivity index (χ4n) is 1.24. The number of rotatable bonds is 0. The third kappa shape index (κ3) is 1.94. The van der Waals surface area contributed by atoms with Crippen molar-refractivity contribution in [3.63, 3.8) is 0 Å². The summed E-state index contributed by atoms with van der Waals surface area (Å²) in [4.78, 5) is 0. The summed E-state index contributed by atoms with van der Waals surface area (Å²) in [5, 5.41) is 0. The van der Waals surface area contributed by atoms with Crippen LogP contribution in [0.5, 0.6) is 0 Å². The lowest BCUT2D eigenvalue weighted by atomic mass is 9.85. The summed E-state index contributed by atoms with van der Waals surface area (Å²) >= 11 is 0. The Morgan fingerprint density at radius 2 is 1.89 bits per heavy atom. The molecule has 0 unspecified atom stereocenters. The van der Waals surface area contributed by atoms with Gasteiger partial charge in [-0.15, -0.1) is 0 Å². The molecule has 54 valence electrons. The van der Waals surface area contributed by atoms with E-state index in [4.69, 9.17) is 5.73 Å². The van der Waals surface area contributed by atoms with E-state index in [2.05, 4.69) is 0 Å². The van der Waals surface area contributed by atoms with Crippen molar-refractivity contribution in [2.75, 3.05) is 0 Å². The number of alkyl halides is 1. The summed E-state index contributed by atoms with van der Waals surface area (Å²) in [7, 11) is 0. The Labute approximate surface area is 55.4 Å². The Bertz CT molecular complexity index is 91.1. The molecule has 1 nitrogen and oxygen atoms in total. The monoisotopic (exact) mass is 131 g/mol. The maximum absolute atomic E-state index is 13.0. The molecule has 0 amide bonds. The zero-order chi connectivity index (χ0) is 6.91. The molecule has 1 rings (SSSR count). The van der Waals surface area contributed by atoms with Gasteiger partial charge in [0.25, 0.3) is 0 Å². The number of hydrogen-bond donors (Lipinski definition) is 1. The van der Waals surface area contributed by atoms with Gasteiger partial charge in [0, 0.05) is 6.04 Å². The second-order valence-corrected chi connectivity index (χ2v) is 3.25. The molecule has 0 aromatic carbocycles. The van der Waals surface area contributed by atoms with Crippen LogP contribution in [0.1, 0.15) is 32.6 Å². The summed E-state index contributed by atoms with van der Waals surface area (Å²) in [5.74, 6) is 0. The van der Waals surface area contributed by atoms with E-state index in [1.165, 1.54) is 0 Å². The van der Waals surface area contributed by atoms with Crippen molar-refractivity contribution >= 4 is 0 Å². The molecule has 1 fully saturated rings. The lowest BCUT2D eigenvalue weighted by molar-refractivity contribution is 0.121. The zero-order valence-electron chi connectivity index (χ0n) is 5.86. The van der Waals surface area contributed by atoms with E-state index in [9.17, 15) is 4.39 Å². The molecule has 1 aliphatic carbocycles. The first-order valence-electron chi connectivity index (χ1n) is 3.55. The predicted molar refractivity (Wildman–Crippen MR) is 36.0 cm³/mol. The van der Waals surface area contributed by atoms with Crippen LogP contribution in [0.15, 0.2) is 0 Å². The van der Waals surface area contributed by atoms with Crippen LogP contribution in [0.3, 0.4) is 0 Å². The largest absolute Gasteiger partial charge is 0.328 e. The topological polar surface area (TPSA) is 26.0 Å². The molecular weight excluding hydrogens is 117 g/mol. The summed E-state index contributed by atoms with van der Waals surface area (Å²) in [6.45, 7) is 1.67.